The molecule has 0 bridgehead atoms. The fraction of sp³-hybridized carbons (Fsp3) is 0.938. The van der Waals surface area contributed by atoms with Gasteiger partial charge in [-0.05, 0) is 44.4 Å². The lowest BCUT2D eigenvalue weighted by molar-refractivity contribution is 0.174. The van der Waals surface area contributed by atoms with E-state index >= 15 is 0 Å². The number of hydrogen-bond donors (Lipinski definition) is 3. The van der Waals surface area contributed by atoms with Gasteiger partial charge in [0.05, 0.1) is 0 Å². The van der Waals surface area contributed by atoms with E-state index in [0.717, 1.165) is 44.9 Å². The third-order valence-corrected chi connectivity index (χ3v) is 4.32. The third-order valence-electron chi connectivity index (χ3n) is 4.32. The average Bonchev–Trinajstić information content (AvgIpc) is 2.45. The van der Waals surface area contributed by atoms with Crippen LogP contribution in [0.15, 0.2) is 0 Å². The molecule has 1 aliphatic carbocycles. The van der Waals surface area contributed by atoms with Crippen molar-refractivity contribution in [3.63, 3.8) is 0 Å². The summed E-state index contributed by atoms with van der Waals surface area (Å²) in [4.78, 5) is 12.0. The van der Waals surface area contributed by atoms with Crippen molar-refractivity contribution in [2.45, 2.75) is 83.7 Å². The fourth-order valence-corrected chi connectivity index (χ4v) is 2.99. The van der Waals surface area contributed by atoms with Crippen LogP contribution in [0.25, 0.3) is 0 Å². The van der Waals surface area contributed by atoms with Crippen LogP contribution in [0.4, 0.5) is 4.79 Å². The molecule has 1 aliphatic rings. The van der Waals surface area contributed by atoms with Gasteiger partial charge in [0.15, 0.2) is 0 Å². The van der Waals surface area contributed by atoms with Crippen LogP contribution in [0, 0.1) is 5.92 Å². The molecule has 0 aliphatic heterocycles. The van der Waals surface area contributed by atoms with Crippen molar-refractivity contribution >= 4 is 6.03 Å². The van der Waals surface area contributed by atoms with Crippen molar-refractivity contribution < 1.29 is 9.90 Å². The van der Waals surface area contributed by atoms with Gasteiger partial charge in [0.2, 0.25) is 0 Å². The maximum Gasteiger partial charge on any atom is 0.315 e. The minimum atomic E-state index is -0.00741. The van der Waals surface area contributed by atoms with Crippen molar-refractivity contribution in [2.75, 3.05) is 6.61 Å². The van der Waals surface area contributed by atoms with Crippen LogP contribution in [0.5, 0.6) is 0 Å². The first-order valence-electron chi connectivity index (χ1n) is 8.37. The lowest BCUT2D eigenvalue weighted by Gasteiger charge is -2.29. The predicted octanol–water partition coefficient (Wildman–Crippen LogP) is 3.20. The monoisotopic (exact) mass is 284 g/mol. The molecule has 4 nitrogen and oxygen atoms in total. The molecule has 1 rings (SSSR count). The molecule has 1 saturated carbocycles. The van der Waals surface area contributed by atoms with E-state index in [4.69, 9.17) is 5.11 Å². The summed E-state index contributed by atoms with van der Waals surface area (Å²) in [6.07, 6.45) is 9.63. The highest BCUT2D eigenvalue weighted by molar-refractivity contribution is 5.74. The summed E-state index contributed by atoms with van der Waals surface area (Å²) in [5.74, 6) is 0.438. The molecule has 3 N–H and O–H groups in total. The Morgan fingerprint density at radius 3 is 2.40 bits per heavy atom. The number of urea groups is 1. The van der Waals surface area contributed by atoms with Gasteiger partial charge in [0.25, 0.3) is 0 Å². The Hall–Kier alpha value is -0.770. The average molecular weight is 284 g/mol. The molecule has 118 valence electrons. The molecule has 0 aromatic rings. The van der Waals surface area contributed by atoms with E-state index in [1.165, 1.54) is 12.8 Å². The SMILES string of the molecule is CCCCC(CCC)NC(=O)NC1CCC(CO)CC1. The highest BCUT2D eigenvalue weighted by Gasteiger charge is 2.22. The summed E-state index contributed by atoms with van der Waals surface area (Å²) in [5.41, 5.74) is 0. The number of aliphatic hydroxyl groups is 1. The van der Waals surface area contributed by atoms with E-state index in [1.807, 2.05) is 0 Å². The first kappa shape index (κ1) is 17.3. The molecule has 0 heterocycles. The Morgan fingerprint density at radius 2 is 1.85 bits per heavy atom. The Balaban J connectivity index is 2.26. The summed E-state index contributed by atoms with van der Waals surface area (Å²) in [7, 11) is 0. The normalized spacial score (nSPS) is 24.1. The first-order valence-corrected chi connectivity index (χ1v) is 8.37. The third kappa shape index (κ3) is 6.60. The first-order chi connectivity index (χ1) is 9.69. The van der Waals surface area contributed by atoms with Gasteiger partial charge in [0.1, 0.15) is 0 Å². The number of hydrogen-bond acceptors (Lipinski definition) is 2. The molecule has 0 radical (unpaired) electrons. The van der Waals surface area contributed by atoms with Gasteiger partial charge >= 0.3 is 6.03 Å². The molecule has 4 heteroatoms. The number of aliphatic hydroxyl groups excluding tert-OH is 1. The number of rotatable bonds is 8. The molecule has 1 atom stereocenters. The second kappa shape index (κ2) is 10.0. The second-order valence-electron chi connectivity index (χ2n) is 6.15. The van der Waals surface area contributed by atoms with E-state index < -0.39 is 0 Å². The summed E-state index contributed by atoms with van der Waals surface area (Å²) in [6, 6.07) is 0.590. The lowest BCUT2D eigenvalue weighted by Crippen LogP contribution is -2.47. The van der Waals surface area contributed by atoms with Gasteiger partial charge in [-0.15, -0.1) is 0 Å². The Labute approximate surface area is 123 Å². The molecule has 0 aromatic heterocycles. The van der Waals surface area contributed by atoms with Crippen LogP contribution in [0.1, 0.15) is 71.6 Å². The molecule has 1 unspecified atom stereocenters. The molecule has 0 aromatic carbocycles. The van der Waals surface area contributed by atoms with Crippen LogP contribution in [-0.4, -0.2) is 29.8 Å². The van der Waals surface area contributed by atoms with Crippen LogP contribution in [0.2, 0.25) is 0 Å². The zero-order valence-electron chi connectivity index (χ0n) is 13.2. The van der Waals surface area contributed by atoms with Crippen molar-refractivity contribution in [3.8, 4) is 0 Å². The Kier molecular flexibility index (Phi) is 8.67. The molecule has 1 fully saturated rings. The largest absolute Gasteiger partial charge is 0.396 e. The van der Waals surface area contributed by atoms with E-state index in [0.29, 0.717) is 12.0 Å². The van der Waals surface area contributed by atoms with Crippen molar-refractivity contribution in [1.82, 2.24) is 10.6 Å². The highest BCUT2D eigenvalue weighted by Crippen LogP contribution is 2.23. The number of unbranched alkanes of at least 4 members (excludes halogenated alkanes) is 1. The van der Waals surface area contributed by atoms with Crippen LogP contribution < -0.4 is 10.6 Å². The molecular formula is C16H32N2O2. The topological polar surface area (TPSA) is 61.4 Å². The Bertz CT molecular complexity index is 263. The van der Waals surface area contributed by atoms with E-state index in [1.54, 1.807) is 0 Å². The second-order valence-corrected chi connectivity index (χ2v) is 6.15. The number of carbonyl (C=O) groups is 1. The molecule has 0 spiro atoms. The maximum absolute atomic E-state index is 12.0. The van der Waals surface area contributed by atoms with Crippen molar-refractivity contribution in [2.24, 2.45) is 5.92 Å². The van der Waals surface area contributed by atoms with Crippen LogP contribution in [-0.2, 0) is 0 Å². The summed E-state index contributed by atoms with van der Waals surface area (Å²) in [5, 5.41) is 15.3. The van der Waals surface area contributed by atoms with Gasteiger partial charge in [0, 0.05) is 18.7 Å². The van der Waals surface area contributed by atoms with E-state index in [2.05, 4.69) is 24.5 Å². The highest BCUT2D eigenvalue weighted by atomic mass is 16.3. The minimum absolute atomic E-state index is 0.00741. The van der Waals surface area contributed by atoms with Gasteiger partial charge in [-0.3, -0.25) is 0 Å². The van der Waals surface area contributed by atoms with Gasteiger partial charge in [-0.1, -0.05) is 33.1 Å². The summed E-state index contributed by atoms with van der Waals surface area (Å²) in [6.45, 7) is 4.63. The van der Waals surface area contributed by atoms with Gasteiger partial charge in [-0.25, -0.2) is 4.79 Å². The Morgan fingerprint density at radius 1 is 1.15 bits per heavy atom. The molecule has 20 heavy (non-hydrogen) atoms. The predicted molar refractivity (Wildman–Crippen MR) is 82.7 cm³/mol. The quantitative estimate of drug-likeness (QED) is 0.641. The van der Waals surface area contributed by atoms with Crippen LogP contribution >= 0.6 is 0 Å². The van der Waals surface area contributed by atoms with Crippen molar-refractivity contribution in [1.29, 1.82) is 0 Å². The molecular weight excluding hydrogens is 252 g/mol. The molecule has 0 saturated heterocycles. The summed E-state index contributed by atoms with van der Waals surface area (Å²) < 4.78 is 0. The fourth-order valence-electron chi connectivity index (χ4n) is 2.99. The smallest absolute Gasteiger partial charge is 0.315 e. The minimum Gasteiger partial charge on any atom is -0.396 e. The van der Waals surface area contributed by atoms with E-state index in [9.17, 15) is 4.79 Å². The van der Waals surface area contributed by atoms with Crippen LogP contribution in [0.3, 0.4) is 0 Å². The van der Waals surface area contributed by atoms with Crippen molar-refractivity contribution in [3.05, 3.63) is 0 Å². The van der Waals surface area contributed by atoms with Gasteiger partial charge < -0.3 is 15.7 Å². The maximum atomic E-state index is 12.0. The zero-order chi connectivity index (χ0) is 14.8. The lowest BCUT2D eigenvalue weighted by atomic mass is 9.87. The number of amides is 2. The zero-order valence-corrected chi connectivity index (χ0v) is 13.2. The van der Waals surface area contributed by atoms with Gasteiger partial charge in [-0.2, -0.15) is 0 Å². The number of carbonyl (C=O) groups excluding carboxylic acids is 1. The standard InChI is InChI=1S/C16H32N2O2/c1-3-5-7-14(6-4-2)17-16(20)18-15-10-8-13(12-19)9-11-15/h13-15,19H,3-12H2,1-2H3,(H2,17,18,20). The van der Waals surface area contributed by atoms with E-state index in [-0.39, 0.29) is 18.7 Å². The summed E-state index contributed by atoms with van der Waals surface area (Å²) >= 11 is 0. The number of nitrogens with one attached hydrogen (secondary N) is 2. The molecule has 2 amide bonds.